The molecule has 0 fully saturated rings. The number of nitrogens with zero attached hydrogens (tertiary/aromatic N) is 2. The van der Waals surface area contributed by atoms with Gasteiger partial charge in [0.05, 0.1) is 13.2 Å². The zero-order valence-electron chi connectivity index (χ0n) is 15.0. The van der Waals surface area contributed by atoms with Crippen molar-refractivity contribution >= 4 is 0 Å². The lowest BCUT2D eigenvalue weighted by molar-refractivity contribution is 0.104. The maximum Gasteiger partial charge on any atom is 0.119 e. The molecule has 0 aliphatic heterocycles. The minimum atomic E-state index is -0.592. The van der Waals surface area contributed by atoms with Crippen molar-refractivity contribution in [2.75, 3.05) is 13.7 Å². The molecule has 1 atom stereocenters. The summed E-state index contributed by atoms with van der Waals surface area (Å²) in [6.45, 7) is 2.01. The van der Waals surface area contributed by atoms with Crippen molar-refractivity contribution < 1.29 is 9.84 Å². The van der Waals surface area contributed by atoms with Crippen LogP contribution in [0.25, 0.3) is 0 Å². The highest BCUT2D eigenvalue weighted by Crippen LogP contribution is 2.21. The van der Waals surface area contributed by atoms with Crippen LogP contribution in [0, 0.1) is 0 Å². The Kier molecular flexibility index (Phi) is 6.36. The molecule has 3 rings (SSSR count). The van der Waals surface area contributed by atoms with Crippen LogP contribution in [0.15, 0.2) is 79.1 Å². The predicted molar refractivity (Wildman–Crippen MR) is 103 cm³/mol. The molecule has 1 unspecified atom stereocenters. The number of rotatable bonds is 8. The van der Waals surface area contributed by atoms with E-state index in [4.69, 9.17) is 4.74 Å². The van der Waals surface area contributed by atoms with Crippen LogP contribution < -0.4 is 4.74 Å². The van der Waals surface area contributed by atoms with Crippen molar-refractivity contribution in [3.63, 3.8) is 0 Å². The van der Waals surface area contributed by atoms with E-state index in [9.17, 15) is 5.11 Å². The maximum absolute atomic E-state index is 10.8. The van der Waals surface area contributed by atoms with E-state index in [1.165, 1.54) is 5.56 Å². The Morgan fingerprint density at radius 3 is 2.46 bits per heavy atom. The Balaban J connectivity index is 1.75. The fourth-order valence-corrected chi connectivity index (χ4v) is 2.98. The van der Waals surface area contributed by atoms with Crippen molar-refractivity contribution in [2.45, 2.75) is 19.2 Å². The monoisotopic (exact) mass is 348 g/mol. The van der Waals surface area contributed by atoms with Gasteiger partial charge in [0.2, 0.25) is 0 Å². The van der Waals surface area contributed by atoms with Gasteiger partial charge in [0.25, 0.3) is 0 Å². The van der Waals surface area contributed by atoms with Crippen LogP contribution in [0.1, 0.15) is 22.8 Å². The largest absolute Gasteiger partial charge is 0.497 e. The molecule has 1 N–H and O–H groups in total. The Labute approximate surface area is 154 Å². The molecule has 0 radical (unpaired) electrons. The smallest absolute Gasteiger partial charge is 0.119 e. The summed E-state index contributed by atoms with van der Waals surface area (Å²) in [6, 6.07) is 21.9. The zero-order valence-corrected chi connectivity index (χ0v) is 15.0. The van der Waals surface area contributed by atoms with E-state index in [2.05, 4.69) is 28.1 Å². The van der Waals surface area contributed by atoms with Crippen LogP contribution in [0.2, 0.25) is 0 Å². The van der Waals surface area contributed by atoms with Gasteiger partial charge >= 0.3 is 0 Å². The Morgan fingerprint density at radius 2 is 1.73 bits per heavy atom. The van der Waals surface area contributed by atoms with Crippen LogP contribution in [0.4, 0.5) is 0 Å². The van der Waals surface area contributed by atoms with Crippen molar-refractivity contribution in [1.82, 2.24) is 9.88 Å². The summed E-state index contributed by atoms with van der Waals surface area (Å²) < 4.78 is 5.27. The first-order valence-electron chi connectivity index (χ1n) is 8.72. The molecular weight excluding hydrogens is 324 g/mol. The number of ether oxygens (including phenoxy) is 1. The van der Waals surface area contributed by atoms with Crippen LogP contribution >= 0.6 is 0 Å². The summed E-state index contributed by atoms with van der Waals surface area (Å²) >= 11 is 0. The predicted octanol–water partition coefficient (Wildman–Crippen LogP) is 3.83. The van der Waals surface area contributed by atoms with Gasteiger partial charge in [0.1, 0.15) is 5.75 Å². The maximum atomic E-state index is 10.8. The Hall–Kier alpha value is -2.69. The minimum absolute atomic E-state index is 0.525. The third-order valence-electron chi connectivity index (χ3n) is 4.29. The summed E-state index contributed by atoms with van der Waals surface area (Å²) in [5.74, 6) is 0.753. The topological polar surface area (TPSA) is 45.6 Å². The number of aliphatic hydroxyl groups excluding tert-OH is 1. The standard InChI is InChI=1S/C22H24N2O2/c1-26-21-11-5-10-20(13-21)22(25)17-24(15-18-7-3-2-4-8-18)16-19-9-6-12-23-14-19/h2-14,22,25H,15-17H2,1H3. The first-order chi connectivity index (χ1) is 12.7. The number of aromatic nitrogens is 1. The third-order valence-corrected chi connectivity index (χ3v) is 4.29. The number of methoxy groups -OCH3 is 1. The van der Waals surface area contributed by atoms with Crippen LogP contribution in [0.3, 0.4) is 0 Å². The van der Waals surface area contributed by atoms with E-state index < -0.39 is 6.10 Å². The van der Waals surface area contributed by atoms with E-state index in [1.807, 2.05) is 54.7 Å². The van der Waals surface area contributed by atoms with Gasteiger partial charge in [0.15, 0.2) is 0 Å². The van der Waals surface area contributed by atoms with Crippen molar-refractivity contribution in [2.24, 2.45) is 0 Å². The van der Waals surface area contributed by atoms with Crippen LogP contribution in [-0.4, -0.2) is 28.6 Å². The third kappa shape index (κ3) is 5.15. The van der Waals surface area contributed by atoms with Crippen molar-refractivity contribution in [1.29, 1.82) is 0 Å². The average Bonchev–Trinajstić information content (AvgIpc) is 2.69. The van der Waals surface area contributed by atoms with E-state index in [0.717, 1.165) is 30.0 Å². The van der Waals surface area contributed by atoms with Crippen molar-refractivity contribution in [3.8, 4) is 5.75 Å². The molecule has 26 heavy (non-hydrogen) atoms. The molecule has 0 spiro atoms. The first-order valence-corrected chi connectivity index (χ1v) is 8.72. The van der Waals surface area contributed by atoms with Gasteiger partial charge < -0.3 is 9.84 Å². The lowest BCUT2D eigenvalue weighted by atomic mass is 10.1. The highest BCUT2D eigenvalue weighted by Gasteiger charge is 2.15. The van der Waals surface area contributed by atoms with Gasteiger partial charge in [-0.05, 0) is 34.9 Å². The fraction of sp³-hybridized carbons (Fsp3) is 0.227. The summed E-state index contributed by atoms with van der Waals surface area (Å²) in [7, 11) is 1.63. The molecule has 1 heterocycles. The molecule has 3 aromatic rings. The molecule has 0 amide bonds. The lowest BCUT2D eigenvalue weighted by Gasteiger charge is -2.25. The molecule has 134 valence electrons. The SMILES string of the molecule is COc1cccc(C(O)CN(Cc2ccccc2)Cc2cccnc2)c1. The normalized spacial score (nSPS) is 12.1. The molecule has 4 heteroatoms. The Morgan fingerprint density at radius 1 is 0.962 bits per heavy atom. The zero-order chi connectivity index (χ0) is 18.2. The number of hydrogen-bond acceptors (Lipinski definition) is 4. The summed E-state index contributed by atoms with van der Waals surface area (Å²) in [5.41, 5.74) is 3.20. The van der Waals surface area contributed by atoms with E-state index in [-0.39, 0.29) is 0 Å². The minimum Gasteiger partial charge on any atom is -0.497 e. The van der Waals surface area contributed by atoms with Gasteiger partial charge in [-0.1, -0.05) is 48.5 Å². The van der Waals surface area contributed by atoms with Gasteiger partial charge in [-0.25, -0.2) is 0 Å². The van der Waals surface area contributed by atoms with Crippen LogP contribution in [0.5, 0.6) is 5.75 Å². The number of aliphatic hydroxyl groups is 1. The average molecular weight is 348 g/mol. The van der Waals surface area contributed by atoms with Crippen molar-refractivity contribution in [3.05, 3.63) is 95.8 Å². The second kappa shape index (κ2) is 9.13. The van der Waals surface area contributed by atoms with Gasteiger partial charge in [-0.3, -0.25) is 9.88 Å². The highest BCUT2D eigenvalue weighted by molar-refractivity contribution is 5.30. The Bertz CT molecular complexity index is 752. The number of benzene rings is 2. The van der Waals surface area contributed by atoms with Gasteiger partial charge in [-0.15, -0.1) is 0 Å². The molecule has 0 saturated heterocycles. The summed E-state index contributed by atoms with van der Waals surface area (Å²) in [5, 5.41) is 10.8. The highest BCUT2D eigenvalue weighted by atomic mass is 16.5. The molecular formula is C22H24N2O2. The number of pyridine rings is 1. The van der Waals surface area contributed by atoms with E-state index in [0.29, 0.717) is 6.54 Å². The van der Waals surface area contributed by atoms with E-state index in [1.54, 1.807) is 13.3 Å². The molecule has 4 nitrogen and oxygen atoms in total. The molecule has 0 aliphatic carbocycles. The van der Waals surface area contributed by atoms with Gasteiger partial charge in [0, 0.05) is 32.0 Å². The quantitative estimate of drug-likeness (QED) is 0.672. The molecule has 0 bridgehead atoms. The summed E-state index contributed by atoms with van der Waals surface area (Å²) in [6.07, 6.45) is 3.05. The fourth-order valence-electron chi connectivity index (χ4n) is 2.98. The molecule has 0 aliphatic rings. The lowest BCUT2D eigenvalue weighted by Crippen LogP contribution is -2.28. The van der Waals surface area contributed by atoms with Crippen LogP contribution in [-0.2, 0) is 13.1 Å². The molecule has 0 saturated carbocycles. The van der Waals surface area contributed by atoms with E-state index >= 15 is 0 Å². The first kappa shape index (κ1) is 18.1. The second-order valence-corrected chi connectivity index (χ2v) is 6.31. The molecule has 2 aromatic carbocycles. The number of hydrogen-bond donors (Lipinski definition) is 1. The summed E-state index contributed by atoms with van der Waals surface area (Å²) in [4.78, 5) is 6.43. The van der Waals surface area contributed by atoms with Gasteiger partial charge in [-0.2, -0.15) is 0 Å². The second-order valence-electron chi connectivity index (χ2n) is 6.31. The molecule has 1 aromatic heterocycles.